The Kier molecular flexibility index (Phi) is 5.59. The van der Waals surface area contributed by atoms with E-state index in [0.29, 0.717) is 6.42 Å². The van der Waals surface area contributed by atoms with Crippen LogP contribution in [-0.2, 0) is 0 Å². The second-order valence-electron chi connectivity index (χ2n) is 5.34. The molecule has 1 aromatic rings. The van der Waals surface area contributed by atoms with Crippen molar-refractivity contribution in [1.82, 2.24) is 4.90 Å². The smallest absolute Gasteiger partial charge is 0.165 e. The first-order valence-corrected chi connectivity index (χ1v) is 8.00. The van der Waals surface area contributed by atoms with Gasteiger partial charge in [0, 0.05) is 29.5 Å². The number of Topliss-reactive ketones (excluding diaryl/α,β-unsaturated/α-hetero) is 1. The molecule has 0 aliphatic heterocycles. The topological polar surface area (TPSA) is 20.3 Å². The van der Waals surface area contributed by atoms with E-state index in [-0.39, 0.29) is 5.78 Å². The third-order valence-electron chi connectivity index (χ3n) is 4.02. The van der Waals surface area contributed by atoms with Crippen LogP contribution in [0.25, 0.3) is 0 Å². The molecule has 0 radical (unpaired) electrons. The van der Waals surface area contributed by atoms with E-state index in [0.717, 1.165) is 29.0 Å². The summed E-state index contributed by atoms with van der Waals surface area (Å²) >= 11 is 3.45. The Balaban J connectivity index is 1.83. The van der Waals surface area contributed by atoms with Gasteiger partial charge in [0.1, 0.15) is 0 Å². The first-order valence-electron chi connectivity index (χ1n) is 7.20. The number of halogens is 1. The van der Waals surface area contributed by atoms with E-state index in [1.807, 2.05) is 24.3 Å². The highest BCUT2D eigenvalue weighted by Crippen LogP contribution is 2.27. The first kappa shape index (κ1) is 14.7. The minimum Gasteiger partial charge on any atom is -0.303 e. The number of hydrogen-bond donors (Lipinski definition) is 0. The van der Waals surface area contributed by atoms with Crippen LogP contribution in [-0.4, -0.2) is 30.3 Å². The second-order valence-corrected chi connectivity index (χ2v) is 6.20. The quantitative estimate of drug-likeness (QED) is 0.703. The molecule has 1 aromatic carbocycles. The fourth-order valence-electron chi connectivity index (χ4n) is 2.50. The lowest BCUT2D eigenvalue weighted by Crippen LogP contribution is -2.34. The molecule has 2 nitrogen and oxygen atoms in total. The highest BCUT2D eigenvalue weighted by atomic mass is 79.9. The average Bonchev–Trinajstić information content (AvgIpc) is 2.37. The molecule has 0 spiro atoms. The number of benzene rings is 1. The lowest BCUT2D eigenvalue weighted by Gasteiger charge is -2.31. The summed E-state index contributed by atoms with van der Waals surface area (Å²) in [6, 6.07) is 7.69. The molecule has 0 unspecified atom stereocenters. The summed E-state index contributed by atoms with van der Waals surface area (Å²) in [7, 11) is 0. The molecule has 1 saturated carbocycles. The van der Waals surface area contributed by atoms with E-state index in [9.17, 15) is 4.79 Å². The molecule has 1 fully saturated rings. The number of ketones is 1. The Labute approximate surface area is 124 Å². The maximum Gasteiger partial charge on any atom is 0.165 e. The van der Waals surface area contributed by atoms with Gasteiger partial charge >= 0.3 is 0 Å². The Hall–Kier alpha value is -0.670. The van der Waals surface area contributed by atoms with Gasteiger partial charge in [0.2, 0.25) is 0 Å². The molecule has 1 aliphatic carbocycles. The number of carbonyl (C=O) groups is 1. The molecular weight excluding hydrogens is 302 g/mol. The van der Waals surface area contributed by atoms with E-state index in [1.54, 1.807) is 0 Å². The summed E-state index contributed by atoms with van der Waals surface area (Å²) in [5.41, 5.74) is 0.808. The predicted octanol–water partition coefficient (Wildman–Crippen LogP) is 4.14. The van der Waals surface area contributed by atoms with E-state index in [2.05, 4.69) is 27.8 Å². The molecule has 104 valence electrons. The molecular formula is C16H22BrNO. The van der Waals surface area contributed by atoms with Crippen LogP contribution in [0.1, 0.15) is 43.0 Å². The Morgan fingerprint density at radius 1 is 1.37 bits per heavy atom. The Morgan fingerprint density at radius 2 is 2.11 bits per heavy atom. The largest absolute Gasteiger partial charge is 0.303 e. The van der Waals surface area contributed by atoms with Gasteiger partial charge in [0.15, 0.2) is 5.78 Å². The highest BCUT2D eigenvalue weighted by molar-refractivity contribution is 9.10. The van der Waals surface area contributed by atoms with Gasteiger partial charge in [-0.3, -0.25) is 4.79 Å². The van der Waals surface area contributed by atoms with Gasteiger partial charge in [-0.25, -0.2) is 0 Å². The van der Waals surface area contributed by atoms with Gasteiger partial charge in [-0.15, -0.1) is 0 Å². The lowest BCUT2D eigenvalue weighted by molar-refractivity contribution is 0.0953. The molecule has 0 atom stereocenters. The van der Waals surface area contributed by atoms with E-state index < -0.39 is 0 Å². The Morgan fingerprint density at radius 3 is 2.68 bits per heavy atom. The van der Waals surface area contributed by atoms with Crippen molar-refractivity contribution >= 4 is 21.7 Å². The van der Waals surface area contributed by atoms with Gasteiger partial charge in [-0.1, -0.05) is 47.5 Å². The van der Waals surface area contributed by atoms with Crippen molar-refractivity contribution in [1.29, 1.82) is 0 Å². The number of hydrogen-bond acceptors (Lipinski definition) is 2. The average molecular weight is 324 g/mol. The van der Waals surface area contributed by atoms with E-state index >= 15 is 0 Å². The van der Waals surface area contributed by atoms with Crippen molar-refractivity contribution in [2.75, 3.05) is 19.6 Å². The summed E-state index contributed by atoms with van der Waals surface area (Å²) < 4.78 is 0.905. The zero-order chi connectivity index (χ0) is 13.7. The zero-order valence-electron chi connectivity index (χ0n) is 11.6. The van der Waals surface area contributed by atoms with Crippen LogP contribution in [0.2, 0.25) is 0 Å². The van der Waals surface area contributed by atoms with Crippen LogP contribution >= 0.6 is 15.9 Å². The summed E-state index contributed by atoms with van der Waals surface area (Å²) in [6.45, 7) is 5.27. The van der Waals surface area contributed by atoms with Gasteiger partial charge in [-0.05, 0) is 31.4 Å². The number of rotatable bonds is 7. The van der Waals surface area contributed by atoms with Crippen molar-refractivity contribution in [3.05, 3.63) is 34.3 Å². The van der Waals surface area contributed by atoms with Gasteiger partial charge in [0.25, 0.3) is 0 Å². The third-order valence-corrected chi connectivity index (χ3v) is 4.71. The summed E-state index contributed by atoms with van der Waals surface area (Å²) in [4.78, 5) is 14.6. The zero-order valence-corrected chi connectivity index (χ0v) is 13.2. The molecule has 0 aromatic heterocycles. The maximum atomic E-state index is 12.2. The molecule has 1 aliphatic rings. The molecule has 0 amide bonds. The van der Waals surface area contributed by atoms with Crippen LogP contribution in [0.3, 0.4) is 0 Å². The van der Waals surface area contributed by atoms with Crippen molar-refractivity contribution in [2.24, 2.45) is 5.92 Å². The number of nitrogens with zero attached hydrogens (tertiary/aromatic N) is 1. The molecule has 2 rings (SSSR count). The van der Waals surface area contributed by atoms with Gasteiger partial charge in [-0.2, -0.15) is 0 Å². The SMILES string of the molecule is CCN(CCC(=O)c1ccccc1Br)CC1CCC1. The second kappa shape index (κ2) is 7.20. The standard InChI is InChI=1S/C16H22BrNO/c1-2-18(12-13-6-5-7-13)11-10-16(19)14-8-3-4-9-15(14)17/h3-4,8-9,13H,2,5-7,10-12H2,1H3. The number of carbonyl (C=O) groups excluding carboxylic acids is 1. The molecule has 0 N–H and O–H groups in total. The minimum atomic E-state index is 0.236. The fourth-order valence-corrected chi connectivity index (χ4v) is 3.01. The van der Waals surface area contributed by atoms with E-state index in [1.165, 1.54) is 25.8 Å². The third kappa shape index (κ3) is 4.15. The lowest BCUT2D eigenvalue weighted by atomic mass is 9.85. The van der Waals surface area contributed by atoms with Crippen molar-refractivity contribution in [3.63, 3.8) is 0 Å². The van der Waals surface area contributed by atoms with Crippen molar-refractivity contribution in [2.45, 2.75) is 32.6 Å². The predicted molar refractivity (Wildman–Crippen MR) is 82.5 cm³/mol. The Bertz CT molecular complexity index is 429. The molecule has 3 heteroatoms. The summed E-state index contributed by atoms with van der Waals surface area (Å²) in [5.74, 6) is 1.11. The molecule has 0 heterocycles. The first-order chi connectivity index (χ1) is 9.20. The molecule has 0 saturated heterocycles. The van der Waals surface area contributed by atoms with Crippen LogP contribution < -0.4 is 0 Å². The van der Waals surface area contributed by atoms with Gasteiger partial charge in [0.05, 0.1) is 0 Å². The molecule has 0 bridgehead atoms. The molecule has 19 heavy (non-hydrogen) atoms. The van der Waals surface area contributed by atoms with Crippen LogP contribution in [0, 0.1) is 5.92 Å². The van der Waals surface area contributed by atoms with Crippen molar-refractivity contribution in [3.8, 4) is 0 Å². The minimum absolute atomic E-state index is 0.236. The van der Waals surface area contributed by atoms with Crippen LogP contribution in [0.5, 0.6) is 0 Å². The van der Waals surface area contributed by atoms with E-state index in [4.69, 9.17) is 0 Å². The van der Waals surface area contributed by atoms with Crippen molar-refractivity contribution < 1.29 is 4.79 Å². The maximum absolute atomic E-state index is 12.2. The fraction of sp³-hybridized carbons (Fsp3) is 0.562. The normalized spacial score (nSPS) is 15.5. The highest BCUT2D eigenvalue weighted by Gasteiger charge is 2.20. The van der Waals surface area contributed by atoms with Crippen LogP contribution in [0.15, 0.2) is 28.7 Å². The van der Waals surface area contributed by atoms with Gasteiger partial charge < -0.3 is 4.90 Å². The monoisotopic (exact) mass is 323 g/mol. The summed E-state index contributed by atoms with van der Waals surface area (Å²) in [5, 5.41) is 0. The summed E-state index contributed by atoms with van der Waals surface area (Å²) in [6.07, 6.45) is 4.74. The van der Waals surface area contributed by atoms with Crippen LogP contribution in [0.4, 0.5) is 0 Å².